The summed E-state index contributed by atoms with van der Waals surface area (Å²) in [6.07, 6.45) is 3.63. The Kier molecular flexibility index (Phi) is 5.83. The minimum atomic E-state index is 0.655. The lowest BCUT2D eigenvalue weighted by molar-refractivity contribution is 1.07. The van der Waals surface area contributed by atoms with Crippen molar-refractivity contribution in [3.05, 3.63) is 134 Å². The van der Waals surface area contributed by atoms with Crippen molar-refractivity contribution in [1.29, 1.82) is 0 Å². The molecule has 170 valence electrons. The van der Waals surface area contributed by atoms with E-state index in [-0.39, 0.29) is 0 Å². The Morgan fingerprint density at radius 3 is 0.972 bits per heavy atom. The highest BCUT2D eigenvalue weighted by Crippen LogP contribution is 2.28. The topological polar surface area (TPSA) is 51.6 Å². The normalized spacial score (nSPS) is 10.8. The molecule has 0 aliphatic heterocycles. The predicted octanol–water partition coefficient (Wildman–Crippen LogP) is 7.60. The maximum atomic E-state index is 4.82. The second kappa shape index (κ2) is 9.72. The molecule has 2 aromatic heterocycles. The summed E-state index contributed by atoms with van der Waals surface area (Å²) in [4.78, 5) is 18.5. The molecule has 4 nitrogen and oxygen atoms in total. The molecule has 0 fully saturated rings. The summed E-state index contributed by atoms with van der Waals surface area (Å²) in [5.41, 5.74) is 7.50. The first kappa shape index (κ1) is 21.6. The number of hydrogen-bond donors (Lipinski definition) is 0. The van der Waals surface area contributed by atoms with Gasteiger partial charge in [-0.15, -0.1) is 0 Å². The maximum absolute atomic E-state index is 4.82. The lowest BCUT2D eigenvalue weighted by Gasteiger charge is -2.09. The molecule has 0 aliphatic rings. The van der Waals surface area contributed by atoms with E-state index in [1.807, 2.05) is 85.2 Å². The molecular formula is C32H22N4. The van der Waals surface area contributed by atoms with E-state index in [4.69, 9.17) is 15.0 Å². The van der Waals surface area contributed by atoms with Gasteiger partial charge in [-0.25, -0.2) is 15.0 Å². The third-order valence-electron chi connectivity index (χ3n) is 6.07. The van der Waals surface area contributed by atoms with Crippen molar-refractivity contribution in [2.24, 2.45) is 0 Å². The molecule has 6 rings (SSSR count). The van der Waals surface area contributed by atoms with Gasteiger partial charge in [-0.1, -0.05) is 109 Å². The van der Waals surface area contributed by atoms with E-state index >= 15 is 0 Å². The third-order valence-corrected chi connectivity index (χ3v) is 6.07. The molecule has 0 saturated heterocycles. The van der Waals surface area contributed by atoms with Gasteiger partial charge in [-0.05, 0) is 34.4 Å². The summed E-state index contributed by atoms with van der Waals surface area (Å²) in [5.74, 6) is 1.98. The average Bonchev–Trinajstić information content (AvgIpc) is 2.98. The van der Waals surface area contributed by atoms with E-state index < -0.39 is 0 Å². The number of aromatic nitrogens is 4. The van der Waals surface area contributed by atoms with Crippen LogP contribution in [0.15, 0.2) is 134 Å². The van der Waals surface area contributed by atoms with Gasteiger partial charge >= 0.3 is 0 Å². The molecule has 36 heavy (non-hydrogen) atoms. The Morgan fingerprint density at radius 2 is 0.583 bits per heavy atom. The van der Waals surface area contributed by atoms with Crippen molar-refractivity contribution in [2.45, 2.75) is 0 Å². The Morgan fingerprint density at radius 1 is 0.278 bits per heavy atom. The van der Waals surface area contributed by atoms with E-state index in [0.29, 0.717) is 17.5 Å². The van der Waals surface area contributed by atoms with Crippen LogP contribution < -0.4 is 0 Å². The molecular weight excluding hydrogens is 440 g/mol. The lowest BCUT2D eigenvalue weighted by Crippen LogP contribution is -2.00. The summed E-state index contributed by atoms with van der Waals surface area (Å²) >= 11 is 0. The highest BCUT2D eigenvalue weighted by molar-refractivity contribution is 5.73. The van der Waals surface area contributed by atoms with Gasteiger partial charge < -0.3 is 0 Å². The zero-order chi connectivity index (χ0) is 24.2. The lowest BCUT2D eigenvalue weighted by atomic mass is 10.00. The number of hydrogen-bond acceptors (Lipinski definition) is 4. The average molecular weight is 463 g/mol. The number of nitrogens with zero attached hydrogens (tertiary/aromatic N) is 4. The SMILES string of the molecule is c1ccc(-c2nc(-c3ccccc3)nc(-c3ccc(-c4ccc(-c5ccncc5)cc4)cc3)n2)cc1. The quantitative estimate of drug-likeness (QED) is 0.265. The van der Waals surface area contributed by atoms with Gasteiger partial charge in [0.05, 0.1) is 0 Å². The summed E-state index contributed by atoms with van der Waals surface area (Å²) < 4.78 is 0. The van der Waals surface area contributed by atoms with Crippen molar-refractivity contribution in [3.63, 3.8) is 0 Å². The minimum Gasteiger partial charge on any atom is -0.265 e. The second-order valence-electron chi connectivity index (χ2n) is 8.43. The molecule has 0 N–H and O–H groups in total. The predicted molar refractivity (Wildman–Crippen MR) is 145 cm³/mol. The highest BCUT2D eigenvalue weighted by Gasteiger charge is 2.12. The van der Waals surface area contributed by atoms with Gasteiger partial charge in [0.15, 0.2) is 17.5 Å². The largest absolute Gasteiger partial charge is 0.265 e. The Bertz CT molecular complexity index is 1520. The first-order valence-corrected chi connectivity index (χ1v) is 11.8. The van der Waals surface area contributed by atoms with Crippen LogP contribution in [0.4, 0.5) is 0 Å². The molecule has 4 aromatic carbocycles. The molecule has 0 unspecified atom stereocenters. The van der Waals surface area contributed by atoms with Crippen LogP contribution in [-0.4, -0.2) is 19.9 Å². The standard InChI is InChI=1S/C32H22N4/c1-3-7-27(8-4-1)30-34-31(28-9-5-2-6-10-28)36-32(35-30)29-17-15-24(16-18-29)23-11-13-25(14-12-23)26-19-21-33-22-20-26/h1-22H. The smallest absolute Gasteiger partial charge is 0.164 e. The molecule has 0 bridgehead atoms. The van der Waals surface area contributed by atoms with Crippen LogP contribution in [-0.2, 0) is 0 Å². The van der Waals surface area contributed by atoms with Gasteiger partial charge in [0.1, 0.15) is 0 Å². The van der Waals surface area contributed by atoms with Crippen LogP contribution in [0, 0.1) is 0 Å². The highest BCUT2D eigenvalue weighted by atomic mass is 15.0. The van der Waals surface area contributed by atoms with E-state index in [1.54, 1.807) is 0 Å². The third kappa shape index (κ3) is 4.52. The molecule has 0 spiro atoms. The number of pyridine rings is 1. The Balaban J connectivity index is 1.35. The molecule has 4 heteroatoms. The van der Waals surface area contributed by atoms with Crippen molar-refractivity contribution in [1.82, 2.24) is 19.9 Å². The maximum Gasteiger partial charge on any atom is 0.164 e. The van der Waals surface area contributed by atoms with Crippen LogP contribution in [0.3, 0.4) is 0 Å². The summed E-state index contributed by atoms with van der Waals surface area (Å²) in [7, 11) is 0. The van der Waals surface area contributed by atoms with Crippen molar-refractivity contribution in [2.75, 3.05) is 0 Å². The van der Waals surface area contributed by atoms with Crippen LogP contribution in [0.25, 0.3) is 56.4 Å². The summed E-state index contributed by atoms with van der Waals surface area (Å²) in [6, 6.07) is 41.0. The number of benzene rings is 4. The molecule has 0 saturated carbocycles. The molecule has 6 aromatic rings. The minimum absolute atomic E-state index is 0.655. The fraction of sp³-hybridized carbons (Fsp3) is 0. The van der Waals surface area contributed by atoms with Gasteiger partial charge in [0.25, 0.3) is 0 Å². The van der Waals surface area contributed by atoms with Crippen molar-refractivity contribution >= 4 is 0 Å². The molecule has 0 atom stereocenters. The van der Waals surface area contributed by atoms with Gasteiger partial charge in [-0.3, -0.25) is 4.98 Å². The van der Waals surface area contributed by atoms with Crippen LogP contribution in [0.1, 0.15) is 0 Å². The van der Waals surface area contributed by atoms with Gasteiger partial charge in [0.2, 0.25) is 0 Å². The second-order valence-corrected chi connectivity index (χ2v) is 8.43. The van der Waals surface area contributed by atoms with E-state index in [1.165, 1.54) is 5.56 Å². The van der Waals surface area contributed by atoms with Crippen LogP contribution in [0.2, 0.25) is 0 Å². The summed E-state index contributed by atoms with van der Waals surface area (Å²) in [6.45, 7) is 0. The van der Waals surface area contributed by atoms with E-state index in [9.17, 15) is 0 Å². The Hall–Kier alpha value is -4.96. The Labute approximate surface area is 210 Å². The van der Waals surface area contributed by atoms with E-state index in [0.717, 1.165) is 33.4 Å². The monoisotopic (exact) mass is 462 g/mol. The first-order chi connectivity index (χ1) is 17.8. The zero-order valence-electron chi connectivity index (χ0n) is 19.5. The number of rotatable bonds is 5. The summed E-state index contributed by atoms with van der Waals surface area (Å²) in [5, 5.41) is 0. The molecule has 2 heterocycles. The zero-order valence-corrected chi connectivity index (χ0v) is 19.5. The molecule has 0 aliphatic carbocycles. The van der Waals surface area contributed by atoms with Gasteiger partial charge in [-0.2, -0.15) is 0 Å². The molecule has 0 radical (unpaired) electrons. The van der Waals surface area contributed by atoms with Gasteiger partial charge in [0, 0.05) is 29.1 Å². The fourth-order valence-electron chi connectivity index (χ4n) is 4.15. The first-order valence-electron chi connectivity index (χ1n) is 11.8. The fourth-order valence-corrected chi connectivity index (χ4v) is 4.15. The van der Waals surface area contributed by atoms with Crippen LogP contribution >= 0.6 is 0 Å². The van der Waals surface area contributed by atoms with Crippen molar-refractivity contribution in [3.8, 4) is 56.4 Å². The van der Waals surface area contributed by atoms with Crippen LogP contribution in [0.5, 0.6) is 0 Å². The molecule has 0 amide bonds. The van der Waals surface area contributed by atoms with E-state index in [2.05, 4.69) is 53.5 Å². The van der Waals surface area contributed by atoms with Crippen molar-refractivity contribution < 1.29 is 0 Å².